The van der Waals surface area contributed by atoms with E-state index in [9.17, 15) is 4.79 Å². The predicted molar refractivity (Wildman–Crippen MR) is 124 cm³/mol. The first-order valence-corrected chi connectivity index (χ1v) is 10.9. The van der Waals surface area contributed by atoms with Crippen LogP contribution in [0.4, 0.5) is 5.69 Å². The van der Waals surface area contributed by atoms with Gasteiger partial charge in [0.2, 0.25) is 0 Å². The molecule has 1 amide bonds. The minimum Gasteiger partial charge on any atom is -0.483 e. The van der Waals surface area contributed by atoms with E-state index in [1.165, 1.54) is 5.69 Å². The Kier molecular flexibility index (Phi) is 7.62. The van der Waals surface area contributed by atoms with Gasteiger partial charge in [0, 0.05) is 43.4 Å². The van der Waals surface area contributed by atoms with Crippen LogP contribution in [0.15, 0.2) is 36.4 Å². The number of carbonyl (C=O) groups is 1. The monoisotopic (exact) mass is 429 g/mol. The molecule has 1 saturated heterocycles. The minimum absolute atomic E-state index is 0.0164. The van der Waals surface area contributed by atoms with Crippen LogP contribution in [0, 0.1) is 6.92 Å². The number of carbonyl (C=O) groups excluding carboxylic acids is 1. The molecule has 0 bridgehead atoms. The fraction of sp³-hybridized carbons (Fsp3) is 0.458. The molecular formula is C24H32ClN3O2. The second kappa shape index (κ2) is 10.2. The zero-order chi connectivity index (χ0) is 21.7. The molecule has 6 heteroatoms. The van der Waals surface area contributed by atoms with E-state index in [1.54, 1.807) is 0 Å². The molecule has 2 aromatic rings. The highest BCUT2D eigenvalue weighted by atomic mass is 35.5. The number of amides is 1. The lowest BCUT2D eigenvalue weighted by molar-refractivity contribution is -0.123. The van der Waals surface area contributed by atoms with Gasteiger partial charge in [-0.1, -0.05) is 43.6 Å². The molecular weight excluding hydrogens is 398 g/mol. The Hall–Kier alpha value is -2.24. The summed E-state index contributed by atoms with van der Waals surface area (Å²) < 4.78 is 5.86. The highest BCUT2D eigenvalue weighted by Gasteiger charge is 2.17. The van der Waals surface area contributed by atoms with E-state index in [1.807, 2.05) is 25.1 Å². The Balaban J connectivity index is 1.59. The van der Waals surface area contributed by atoms with E-state index in [4.69, 9.17) is 16.3 Å². The minimum atomic E-state index is -0.134. The van der Waals surface area contributed by atoms with Gasteiger partial charge in [0.25, 0.3) is 5.91 Å². The van der Waals surface area contributed by atoms with Crippen molar-refractivity contribution < 1.29 is 9.53 Å². The largest absolute Gasteiger partial charge is 0.483 e. The van der Waals surface area contributed by atoms with Gasteiger partial charge in [-0.15, -0.1) is 0 Å². The molecule has 1 heterocycles. The molecule has 1 N–H and O–H groups in total. The maximum atomic E-state index is 12.5. The second-order valence-electron chi connectivity index (χ2n) is 8.28. The molecule has 5 nitrogen and oxygen atoms in total. The quantitative estimate of drug-likeness (QED) is 0.715. The molecule has 0 spiro atoms. The average Bonchev–Trinajstić information content (AvgIpc) is 2.73. The maximum Gasteiger partial charge on any atom is 0.258 e. The number of aryl methyl sites for hydroxylation is 1. The molecule has 1 fully saturated rings. The van der Waals surface area contributed by atoms with Crippen LogP contribution in [0.5, 0.6) is 5.75 Å². The summed E-state index contributed by atoms with van der Waals surface area (Å²) in [4.78, 5) is 17.2. The number of piperazine rings is 1. The molecule has 162 valence electrons. The van der Waals surface area contributed by atoms with E-state index >= 15 is 0 Å². The summed E-state index contributed by atoms with van der Waals surface area (Å²) in [6.07, 6.45) is 0. The van der Waals surface area contributed by atoms with Gasteiger partial charge >= 0.3 is 0 Å². The van der Waals surface area contributed by atoms with Crippen LogP contribution in [0.25, 0.3) is 0 Å². The van der Waals surface area contributed by atoms with Crippen LogP contribution in [0.2, 0.25) is 5.02 Å². The normalized spacial score (nSPS) is 14.8. The van der Waals surface area contributed by atoms with Gasteiger partial charge in [-0.05, 0) is 54.8 Å². The van der Waals surface area contributed by atoms with Crippen LogP contribution in [-0.2, 0) is 11.3 Å². The van der Waals surface area contributed by atoms with E-state index in [-0.39, 0.29) is 18.4 Å². The summed E-state index contributed by atoms with van der Waals surface area (Å²) in [7, 11) is 2.15. The first kappa shape index (κ1) is 22.4. The Morgan fingerprint density at radius 1 is 1.17 bits per heavy atom. The Morgan fingerprint density at radius 2 is 1.87 bits per heavy atom. The van der Waals surface area contributed by atoms with Gasteiger partial charge < -0.3 is 19.9 Å². The van der Waals surface area contributed by atoms with Crippen molar-refractivity contribution >= 4 is 23.2 Å². The number of ether oxygens (including phenoxy) is 1. The topological polar surface area (TPSA) is 44.8 Å². The van der Waals surface area contributed by atoms with Crippen molar-refractivity contribution in [1.29, 1.82) is 0 Å². The molecule has 3 rings (SSSR count). The lowest BCUT2D eigenvalue weighted by atomic mass is 10.0. The molecule has 30 heavy (non-hydrogen) atoms. The molecule has 0 atom stereocenters. The van der Waals surface area contributed by atoms with Crippen molar-refractivity contribution in [2.45, 2.75) is 33.2 Å². The van der Waals surface area contributed by atoms with Crippen LogP contribution < -0.4 is 15.0 Å². The fourth-order valence-electron chi connectivity index (χ4n) is 3.65. The molecule has 1 aliphatic rings. The standard InChI is InChI=1S/C24H32ClN3O2/c1-17(2)20-14-21(25)18(3)13-23(20)30-16-24(29)26-15-19-7-5-6-8-22(19)28-11-9-27(4)10-12-28/h5-8,13-14,17H,9-12,15-16H2,1-4H3,(H,26,29). The van der Waals surface area contributed by atoms with Crippen molar-refractivity contribution in [2.24, 2.45) is 0 Å². The van der Waals surface area contributed by atoms with Crippen LogP contribution in [0.1, 0.15) is 36.5 Å². The van der Waals surface area contributed by atoms with Crippen LogP contribution in [0.3, 0.4) is 0 Å². The van der Waals surface area contributed by atoms with Gasteiger partial charge in [-0.25, -0.2) is 0 Å². The molecule has 2 aromatic carbocycles. The summed E-state index contributed by atoms with van der Waals surface area (Å²) in [5.74, 6) is 0.849. The number of rotatable bonds is 7. The summed E-state index contributed by atoms with van der Waals surface area (Å²) in [6.45, 7) is 10.7. The zero-order valence-electron chi connectivity index (χ0n) is 18.4. The summed E-state index contributed by atoms with van der Waals surface area (Å²) in [5, 5.41) is 3.72. The van der Waals surface area contributed by atoms with Crippen molar-refractivity contribution in [3.8, 4) is 5.75 Å². The number of benzene rings is 2. The number of nitrogens with zero attached hydrogens (tertiary/aromatic N) is 2. The van der Waals surface area contributed by atoms with E-state index in [0.29, 0.717) is 6.54 Å². The lowest BCUT2D eigenvalue weighted by Crippen LogP contribution is -2.45. The van der Waals surface area contributed by atoms with E-state index in [0.717, 1.165) is 53.6 Å². The third-order valence-electron chi connectivity index (χ3n) is 5.58. The van der Waals surface area contributed by atoms with Gasteiger partial charge in [0.05, 0.1) is 0 Å². The Labute approximate surface area is 185 Å². The SMILES string of the molecule is Cc1cc(OCC(=O)NCc2ccccc2N2CCN(C)CC2)c(C(C)C)cc1Cl. The average molecular weight is 430 g/mol. The van der Waals surface area contributed by atoms with Crippen molar-refractivity contribution in [3.63, 3.8) is 0 Å². The zero-order valence-corrected chi connectivity index (χ0v) is 19.1. The molecule has 0 aliphatic carbocycles. The van der Waals surface area contributed by atoms with Gasteiger partial charge in [-0.2, -0.15) is 0 Å². The number of nitrogens with one attached hydrogen (secondary N) is 1. The highest BCUT2D eigenvalue weighted by molar-refractivity contribution is 6.31. The Bertz CT molecular complexity index is 877. The van der Waals surface area contributed by atoms with Crippen molar-refractivity contribution in [3.05, 3.63) is 58.1 Å². The van der Waals surface area contributed by atoms with Crippen LogP contribution in [-0.4, -0.2) is 50.6 Å². The third-order valence-corrected chi connectivity index (χ3v) is 5.99. The van der Waals surface area contributed by atoms with E-state index in [2.05, 4.69) is 54.2 Å². The molecule has 0 aromatic heterocycles. The summed E-state index contributed by atoms with van der Waals surface area (Å²) >= 11 is 6.26. The van der Waals surface area contributed by atoms with Crippen LogP contribution >= 0.6 is 11.6 Å². The fourth-order valence-corrected chi connectivity index (χ4v) is 3.82. The summed E-state index contributed by atoms with van der Waals surface area (Å²) in [5.41, 5.74) is 4.28. The Morgan fingerprint density at radius 3 is 2.57 bits per heavy atom. The third kappa shape index (κ3) is 5.67. The smallest absolute Gasteiger partial charge is 0.258 e. The highest BCUT2D eigenvalue weighted by Crippen LogP contribution is 2.32. The molecule has 0 saturated carbocycles. The number of likely N-dealkylation sites (N-methyl/N-ethyl adjacent to an activating group) is 1. The first-order valence-electron chi connectivity index (χ1n) is 10.6. The van der Waals surface area contributed by atoms with E-state index < -0.39 is 0 Å². The first-order chi connectivity index (χ1) is 14.3. The molecule has 0 unspecified atom stereocenters. The van der Waals surface area contributed by atoms with Gasteiger partial charge in [0.15, 0.2) is 6.61 Å². The van der Waals surface area contributed by atoms with Crippen molar-refractivity contribution in [2.75, 3.05) is 44.7 Å². The number of anilines is 1. The number of para-hydroxylation sites is 1. The van der Waals surface area contributed by atoms with Crippen molar-refractivity contribution in [1.82, 2.24) is 10.2 Å². The number of halogens is 1. The second-order valence-corrected chi connectivity index (χ2v) is 8.69. The van der Waals surface area contributed by atoms with Gasteiger partial charge in [0.1, 0.15) is 5.75 Å². The number of hydrogen-bond donors (Lipinski definition) is 1. The number of hydrogen-bond acceptors (Lipinski definition) is 4. The lowest BCUT2D eigenvalue weighted by Gasteiger charge is -2.35. The van der Waals surface area contributed by atoms with Gasteiger partial charge in [-0.3, -0.25) is 4.79 Å². The molecule has 1 aliphatic heterocycles. The summed E-state index contributed by atoms with van der Waals surface area (Å²) in [6, 6.07) is 12.1. The maximum absolute atomic E-state index is 12.5. The molecule has 0 radical (unpaired) electrons. The predicted octanol–water partition coefficient (Wildman–Crippen LogP) is 4.22.